The Labute approximate surface area is 142 Å². The second-order valence-electron chi connectivity index (χ2n) is 8.75. The Bertz CT molecular complexity index is 418. The Morgan fingerprint density at radius 2 is 1.65 bits per heavy atom. The molecule has 23 heavy (non-hydrogen) atoms. The first-order valence-electron chi connectivity index (χ1n) is 10.2. The largest absolute Gasteiger partial charge is 0.459 e. The zero-order chi connectivity index (χ0) is 16.6. The maximum Gasteiger partial charge on any atom is 0.309 e. The summed E-state index contributed by atoms with van der Waals surface area (Å²) < 4.78 is 6.36. The van der Waals surface area contributed by atoms with Crippen LogP contribution in [0.15, 0.2) is 0 Å². The summed E-state index contributed by atoms with van der Waals surface area (Å²) in [5.41, 5.74) is -0.186. The van der Waals surface area contributed by atoms with Gasteiger partial charge in [-0.3, -0.25) is 4.79 Å². The van der Waals surface area contributed by atoms with Crippen molar-refractivity contribution in [2.45, 2.75) is 91.1 Å². The van der Waals surface area contributed by atoms with Gasteiger partial charge in [-0.15, -0.1) is 0 Å². The van der Waals surface area contributed by atoms with Crippen LogP contribution in [0.5, 0.6) is 0 Å². The number of hydrogen-bond acceptors (Lipinski definition) is 2. The van der Waals surface area contributed by atoms with E-state index in [1.54, 1.807) is 0 Å². The first kappa shape index (κ1) is 17.3. The van der Waals surface area contributed by atoms with Gasteiger partial charge in [-0.25, -0.2) is 0 Å². The van der Waals surface area contributed by atoms with Gasteiger partial charge in [0.1, 0.15) is 5.60 Å². The molecule has 3 rings (SSSR count). The number of carbonyl (C=O) groups excluding carboxylic acids is 1. The van der Waals surface area contributed by atoms with Gasteiger partial charge in [-0.1, -0.05) is 47.0 Å². The third-order valence-corrected chi connectivity index (χ3v) is 8.05. The van der Waals surface area contributed by atoms with Crippen LogP contribution in [-0.4, -0.2) is 11.6 Å². The topological polar surface area (TPSA) is 26.3 Å². The Hall–Kier alpha value is -0.530. The van der Waals surface area contributed by atoms with E-state index in [-0.39, 0.29) is 17.5 Å². The minimum atomic E-state index is -0.186. The SMILES string of the molecule is CCC(CC)(OC(=O)C1CC2CC1C(C)C2C)C1CCCCC1. The maximum atomic E-state index is 13.0. The van der Waals surface area contributed by atoms with E-state index >= 15 is 0 Å². The summed E-state index contributed by atoms with van der Waals surface area (Å²) in [5, 5.41) is 0. The van der Waals surface area contributed by atoms with Crippen molar-refractivity contribution >= 4 is 5.97 Å². The lowest BCUT2D eigenvalue weighted by Crippen LogP contribution is -2.45. The van der Waals surface area contributed by atoms with E-state index in [2.05, 4.69) is 27.7 Å². The lowest BCUT2D eigenvalue weighted by Gasteiger charge is -2.42. The Morgan fingerprint density at radius 3 is 2.17 bits per heavy atom. The number of ether oxygens (including phenoxy) is 1. The average Bonchev–Trinajstić information content (AvgIpc) is 3.14. The molecule has 0 aromatic carbocycles. The molecule has 3 fully saturated rings. The number of rotatable bonds is 5. The molecule has 3 aliphatic carbocycles. The van der Waals surface area contributed by atoms with Gasteiger partial charge in [-0.05, 0) is 68.1 Å². The molecule has 0 saturated heterocycles. The highest BCUT2D eigenvalue weighted by molar-refractivity contribution is 5.74. The molecule has 2 bridgehead atoms. The first-order chi connectivity index (χ1) is 11.0. The smallest absolute Gasteiger partial charge is 0.309 e. The maximum absolute atomic E-state index is 13.0. The Kier molecular flexibility index (Phi) is 5.09. The van der Waals surface area contributed by atoms with Crippen molar-refractivity contribution in [1.29, 1.82) is 0 Å². The molecule has 0 N–H and O–H groups in total. The predicted molar refractivity (Wildman–Crippen MR) is 94.0 cm³/mol. The van der Waals surface area contributed by atoms with Crippen LogP contribution in [0, 0.1) is 35.5 Å². The number of fused-ring (bicyclic) bond motifs is 2. The molecule has 0 heterocycles. The quantitative estimate of drug-likeness (QED) is 0.617. The average molecular weight is 321 g/mol. The van der Waals surface area contributed by atoms with E-state index in [1.165, 1.54) is 38.5 Å². The number of hydrogen-bond donors (Lipinski definition) is 0. The first-order valence-corrected chi connectivity index (χ1v) is 10.2. The summed E-state index contributed by atoms with van der Waals surface area (Å²) in [6, 6.07) is 0. The van der Waals surface area contributed by atoms with Crippen molar-refractivity contribution in [2.75, 3.05) is 0 Å². The van der Waals surface area contributed by atoms with Gasteiger partial charge in [0.15, 0.2) is 0 Å². The summed E-state index contributed by atoms with van der Waals surface area (Å²) in [5.74, 6) is 3.76. The molecule has 0 radical (unpaired) electrons. The molecule has 0 spiro atoms. The van der Waals surface area contributed by atoms with Crippen LogP contribution in [0.3, 0.4) is 0 Å². The summed E-state index contributed by atoms with van der Waals surface area (Å²) in [4.78, 5) is 13.0. The standard InChI is InChI=1S/C21H36O2/c1-5-21(6-2,17-10-8-7-9-11-17)23-20(22)19-13-16-12-18(19)15(4)14(16)3/h14-19H,5-13H2,1-4H3. The highest BCUT2D eigenvalue weighted by Crippen LogP contribution is 2.55. The Balaban J connectivity index is 1.69. The van der Waals surface area contributed by atoms with Crippen molar-refractivity contribution in [3.05, 3.63) is 0 Å². The molecule has 5 unspecified atom stereocenters. The fraction of sp³-hybridized carbons (Fsp3) is 0.952. The fourth-order valence-electron chi connectivity index (χ4n) is 6.17. The summed E-state index contributed by atoms with van der Waals surface area (Å²) in [7, 11) is 0. The summed E-state index contributed by atoms with van der Waals surface area (Å²) >= 11 is 0. The van der Waals surface area contributed by atoms with E-state index in [0.717, 1.165) is 31.1 Å². The lowest BCUT2D eigenvalue weighted by molar-refractivity contribution is -0.177. The van der Waals surface area contributed by atoms with Crippen molar-refractivity contribution in [1.82, 2.24) is 0 Å². The molecule has 0 aromatic rings. The third kappa shape index (κ3) is 2.96. The van der Waals surface area contributed by atoms with Crippen LogP contribution in [0.1, 0.15) is 85.5 Å². The molecular formula is C21H36O2. The molecule has 132 valence electrons. The molecule has 0 aromatic heterocycles. The van der Waals surface area contributed by atoms with Gasteiger partial charge in [0.2, 0.25) is 0 Å². The zero-order valence-electron chi connectivity index (χ0n) is 15.6. The van der Waals surface area contributed by atoms with E-state index in [0.29, 0.717) is 17.8 Å². The second kappa shape index (κ2) is 6.76. The van der Waals surface area contributed by atoms with Gasteiger partial charge in [0, 0.05) is 0 Å². The molecule has 3 saturated carbocycles. The minimum Gasteiger partial charge on any atom is -0.459 e. The van der Waals surface area contributed by atoms with Gasteiger partial charge >= 0.3 is 5.97 Å². The molecule has 2 heteroatoms. The van der Waals surface area contributed by atoms with Crippen molar-refractivity contribution in [3.63, 3.8) is 0 Å². The van der Waals surface area contributed by atoms with Crippen LogP contribution in [0.2, 0.25) is 0 Å². The molecule has 3 aliphatic rings. The fourth-order valence-corrected chi connectivity index (χ4v) is 6.17. The van der Waals surface area contributed by atoms with Gasteiger partial charge in [0.05, 0.1) is 5.92 Å². The minimum absolute atomic E-state index is 0.144. The summed E-state index contributed by atoms with van der Waals surface area (Å²) in [6.45, 7) is 9.16. The van der Waals surface area contributed by atoms with Crippen LogP contribution in [0.25, 0.3) is 0 Å². The normalized spacial score (nSPS) is 38.0. The van der Waals surface area contributed by atoms with Gasteiger partial charge < -0.3 is 4.74 Å². The van der Waals surface area contributed by atoms with Crippen molar-refractivity contribution < 1.29 is 9.53 Å². The predicted octanol–water partition coefficient (Wildman–Crippen LogP) is 5.60. The van der Waals surface area contributed by atoms with E-state index < -0.39 is 0 Å². The van der Waals surface area contributed by atoms with E-state index in [1.807, 2.05) is 0 Å². The van der Waals surface area contributed by atoms with Gasteiger partial charge in [0.25, 0.3) is 0 Å². The summed E-state index contributed by atoms with van der Waals surface area (Å²) in [6.07, 6.45) is 10.8. The highest BCUT2D eigenvalue weighted by atomic mass is 16.6. The number of esters is 1. The van der Waals surface area contributed by atoms with Crippen LogP contribution in [-0.2, 0) is 9.53 Å². The second-order valence-corrected chi connectivity index (χ2v) is 8.75. The molecule has 0 amide bonds. The van der Waals surface area contributed by atoms with Crippen molar-refractivity contribution in [2.24, 2.45) is 35.5 Å². The molecule has 2 nitrogen and oxygen atoms in total. The monoisotopic (exact) mass is 320 g/mol. The molecular weight excluding hydrogens is 284 g/mol. The van der Waals surface area contributed by atoms with Crippen molar-refractivity contribution in [3.8, 4) is 0 Å². The molecule has 5 atom stereocenters. The van der Waals surface area contributed by atoms with E-state index in [4.69, 9.17) is 4.74 Å². The molecule has 0 aliphatic heterocycles. The Morgan fingerprint density at radius 1 is 1.00 bits per heavy atom. The van der Waals surface area contributed by atoms with Crippen LogP contribution in [0.4, 0.5) is 0 Å². The number of carbonyl (C=O) groups is 1. The van der Waals surface area contributed by atoms with Crippen LogP contribution >= 0.6 is 0 Å². The van der Waals surface area contributed by atoms with Gasteiger partial charge in [-0.2, -0.15) is 0 Å². The highest BCUT2D eigenvalue weighted by Gasteiger charge is 2.53. The lowest BCUT2D eigenvalue weighted by atomic mass is 9.73. The third-order valence-electron chi connectivity index (χ3n) is 8.05. The van der Waals surface area contributed by atoms with E-state index in [9.17, 15) is 4.79 Å². The zero-order valence-corrected chi connectivity index (χ0v) is 15.6. The van der Waals surface area contributed by atoms with Crippen LogP contribution < -0.4 is 0 Å².